The summed E-state index contributed by atoms with van der Waals surface area (Å²) in [5, 5.41) is 1.36. The molecule has 0 saturated carbocycles. The van der Waals surface area contributed by atoms with Crippen LogP contribution < -0.4 is 0 Å². The van der Waals surface area contributed by atoms with Crippen LogP contribution >= 0.6 is 0 Å². The fourth-order valence-electron chi connectivity index (χ4n) is 4.52. The zero-order chi connectivity index (χ0) is 15.9. The van der Waals surface area contributed by atoms with Crippen molar-refractivity contribution >= 4 is 10.9 Å². The van der Waals surface area contributed by atoms with Gasteiger partial charge in [0.15, 0.2) is 0 Å². The Labute approximate surface area is 142 Å². The number of likely N-dealkylation sites (tertiary alicyclic amines) is 1. The minimum atomic E-state index is 0.602. The second-order valence-corrected chi connectivity index (χ2v) is 7.29. The lowest BCUT2D eigenvalue weighted by Gasteiger charge is -2.20. The molecule has 3 heterocycles. The Kier molecular flexibility index (Phi) is 3.44. The van der Waals surface area contributed by atoms with Gasteiger partial charge in [0.05, 0.1) is 12.0 Å². The van der Waals surface area contributed by atoms with Crippen LogP contribution in [0.4, 0.5) is 0 Å². The lowest BCUT2D eigenvalue weighted by Crippen LogP contribution is -2.22. The summed E-state index contributed by atoms with van der Waals surface area (Å²) in [6.07, 6.45) is 10.4. The molecule has 4 nitrogen and oxygen atoms in total. The van der Waals surface area contributed by atoms with Crippen molar-refractivity contribution in [1.82, 2.24) is 19.4 Å². The van der Waals surface area contributed by atoms with Gasteiger partial charge in [-0.3, -0.25) is 4.90 Å². The maximum Gasteiger partial charge on any atom is 0.0954 e. The van der Waals surface area contributed by atoms with Crippen LogP contribution in [0.15, 0.2) is 36.8 Å². The van der Waals surface area contributed by atoms with E-state index in [4.69, 9.17) is 0 Å². The summed E-state index contributed by atoms with van der Waals surface area (Å²) in [5.41, 5.74) is 5.55. The van der Waals surface area contributed by atoms with Crippen molar-refractivity contribution in [3.63, 3.8) is 0 Å². The van der Waals surface area contributed by atoms with Gasteiger partial charge in [-0.05, 0) is 49.8 Å². The minimum absolute atomic E-state index is 0.602. The normalized spacial score (nSPS) is 21.4. The quantitative estimate of drug-likeness (QED) is 0.799. The molecule has 1 aliphatic carbocycles. The summed E-state index contributed by atoms with van der Waals surface area (Å²) in [6.45, 7) is 3.37. The molecule has 24 heavy (non-hydrogen) atoms. The Hall–Kier alpha value is -2.07. The maximum atomic E-state index is 4.68. The molecule has 2 aliphatic rings. The fourth-order valence-corrected chi connectivity index (χ4v) is 4.52. The number of fused-ring (bicyclic) bond motifs is 2. The van der Waals surface area contributed by atoms with Gasteiger partial charge in [0.25, 0.3) is 0 Å². The third kappa shape index (κ3) is 2.37. The molecule has 1 N–H and O–H groups in total. The Bertz CT molecular complexity index is 860. The number of benzene rings is 1. The first-order valence-corrected chi connectivity index (χ1v) is 9.20. The van der Waals surface area contributed by atoms with Gasteiger partial charge in [-0.15, -0.1) is 0 Å². The average molecular weight is 320 g/mol. The maximum absolute atomic E-state index is 4.68. The van der Waals surface area contributed by atoms with E-state index in [1.165, 1.54) is 66.5 Å². The smallest absolute Gasteiger partial charge is 0.0954 e. The van der Waals surface area contributed by atoms with Gasteiger partial charge in [-0.25, -0.2) is 4.98 Å². The lowest BCUT2D eigenvalue weighted by atomic mass is 10.0. The number of hydrogen-bond donors (Lipinski definition) is 1. The molecular formula is C20H24N4. The number of aromatic amines is 1. The molecule has 1 atom stereocenters. The van der Waals surface area contributed by atoms with Crippen LogP contribution in [0, 0.1) is 0 Å². The third-order valence-corrected chi connectivity index (χ3v) is 5.78. The SMILES string of the molecule is c1cc(CN2CCC(n3cnc4c3CCCC4)C2)c2cc[nH]c2c1. The molecule has 0 amide bonds. The molecule has 1 unspecified atom stereocenters. The number of rotatable bonds is 3. The van der Waals surface area contributed by atoms with Crippen molar-refractivity contribution in [2.45, 2.75) is 44.7 Å². The highest BCUT2D eigenvalue weighted by Gasteiger charge is 2.27. The number of aromatic nitrogens is 3. The van der Waals surface area contributed by atoms with E-state index < -0.39 is 0 Å². The highest BCUT2D eigenvalue weighted by atomic mass is 15.2. The molecule has 1 fully saturated rings. The highest BCUT2D eigenvalue weighted by molar-refractivity contribution is 5.82. The molecule has 1 saturated heterocycles. The van der Waals surface area contributed by atoms with Crippen LogP contribution in [0.25, 0.3) is 10.9 Å². The standard InChI is InChI=1S/C20H24N4/c1-2-7-20-19(5-1)22-14-24(20)16-9-11-23(13-16)12-15-4-3-6-18-17(15)8-10-21-18/h3-4,6,8,10,14,16,21H,1-2,5,7,9,11-13H2. The monoisotopic (exact) mass is 320 g/mol. The van der Waals surface area contributed by atoms with Gasteiger partial charge in [-0.1, -0.05) is 12.1 Å². The van der Waals surface area contributed by atoms with Crippen molar-refractivity contribution < 1.29 is 0 Å². The third-order valence-electron chi connectivity index (χ3n) is 5.78. The number of hydrogen-bond acceptors (Lipinski definition) is 2. The molecule has 0 radical (unpaired) electrons. The summed E-state index contributed by atoms with van der Waals surface area (Å²) in [5.74, 6) is 0. The molecule has 124 valence electrons. The number of imidazole rings is 1. The summed E-state index contributed by atoms with van der Waals surface area (Å²) in [7, 11) is 0. The van der Waals surface area contributed by atoms with E-state index in [0.717, 1.165) is 13.1 Å². The van der Waals surface area contributed by atoms with Crippen LogP contribution in [-0.4, -0.2) is 32.5 Å². The zero-order valence-electron chi connectivity index (χ0n) is 14.0. The molecule has 5 rings (SSSR count). The van der Waals surface area contributed by atoms with Gasteiger partial charge >= 0.3 is 0 Å². The van der Waals surface area contributed by atoms with E-state index in [0.29, 0.717) is 6.04 Å². The van der Waals surface area contributed by atoms with Gasteiger partial charge in [-0.2, -0.15) is 0 Å². The van der Waals surface area contributed by atoms with Crippen molar-refractivity contribution in [3.8, 4) is 0 Å². The molecule has 1 aromatic carbocycles. The van der Waals surface area contributed by atoms with Crippen LogP contribution in [0.1, 0.15) is 42.3 Å². The molecule has 1 aliphatic heterocycles. The lowest BCUT2D eigenvalue weighted by molar-refractivity contribution is 0.316. The first-order valence-electron chi connectivity index (χ1n) is 9.20. The zero-order valence-corrected chi connectivity index (χ0v) is 14.0. The predicted octanol–water partition coefficient (Wildman–Crippen LogP) is 3.69. The predicted molar refractivity (Wildman–Crippen MR) is 96.1 cm³/mol. The largest absolute Gasteiger partial charge is 0.361 e. The van der Waals surface area contributed by atoms with E-state index >= 15 is 0 Å². The molecule has 3 aromatic rings. The van der Waals surface area contributed by atoms with Crippen molar-refractivity contribution in [2.24, 2.45) is 0 Å². The van der Waals surface area contributed by atoms with Crippen molar-refractivity contribution in [2.75, 3.05) is 13.1 Å². The average Bonchev–Trinajstić information content (AvgIpc) is 3.34. The van der Waals surface area contributed by atoms with Crippen LogP contribution in [0.2, 0.25) is 0 Å². The number of nitrogens with zero attached hydrogens (tertiary/aromatic N) is 3. The first kappa shape index (κ1) is 14.3. The van der Waals surface area contributed by atoms with Crippen molar-refractivity contribution in [1.29, 1.82) is 0 Å². The van der Waals surface area contributed by atoms with E-state index in [9.17, 15) is 0 Å². The van der Waals surface area contributed by atoms with Gasteiger partial charge in [0.1, 0.15) is 0 Å². The second kappa shape index (κ2) is 5.78. The van der Waals surface area contributed by atoms with E-state index in [1.54, 1.807) is 0 Å². The molecule has 4 heteroatoms. The van der Waals surface area contributed by atoms with Gasteiger partial charge < -0.3 is 9.55 Å². The second-order valence-electron chi connectivity index (χ2n) is 7.29. The first-order chi connectivity index (χ1) is 11.9. The Morgan fingerprint density at radius 3 is 3.12 bits per heavy atom. The number of aryl methyl sites for hydroxylation is 1. The molecular weight excluding hydrogens is 296 g/mol. The summed E-state index contributed by atoms with van der Waals surface area (Å²) >= 11 is 0. The Morgan fingerprint density at radius 2 is 2.12 bits per heavy atom. The topological polar surface area (TPSA) is 36.9 Å². The fraction of sp³-hybridized carbons (Fsp3) is 0.450. The minimum Gasteiger partial charge on any atom is -0.361 e. The van der Waals surface area contributed by atoms with Crippen LogP contribution in [-0.2, 0) is 19.4 Å². The molecule has 0 spiro atoms. The number of nitrogens with one attached hydrogen (secondary N) is 1. The number of H-pyrrole nitrogens is 1. The summed E-state index contributed by atoms with van der Waals surface area (Å²) in [4.78, 5) is 10.6. The van der Waals surface area contributed by atoms with Crippen LogP contribution in [0.5, 0.6) is 0 Å². The molecule has 2 aromatic heterocycles. The van der Waals surface area contributed by atoms with Gasteiger partial charge in [0, 0.05) is 48.5 Å². The molecule has 0 bridgehead atoms. The van der Waals surface area contributed by atoms with Gasteiger partial charge in [0.2, 0.25) is 0 Å². The van der Waals surface area contributed by atoms with E-state index in [1.807, 2.05) is 6.20 Å². The summed E-state index contributed by atoms with van der Waals surface area (Å²) < 4.78 is 2.49. The Morgan fingerprint density at radius 1 is 1.17 bits per heavy atom. The van der Waals surface area contributed by atoms with E-state index in [2.05, 4.69) is 50.0 Å². The van der Waals surface area contributed by atoms with Crippen LogP contribution in [0.3, 0.4) is 0 Å². The van der Waals surface area contributed by atoms with Crippen molar-refractivity contribution in [3.05, 3.63) is 53.7 Å². The Balaban J connectivity index is 1.34. The highest BCUT2D eigenvalue weighted by Crippen LogP contribution is 2.29. The summed E-state index contributed by atoms with van der Waals surface area (Å²) in [6, 6.07) is 9.38. The van der Waals surface area contributed by atoms with E-state index in [-0.39, 0.29) is 0 Å².